The monoisotopic (exact) mass is 630 g/mol. The fourth-order valence-electron chi connectivity index (χ4n) is 6.43. The van der Waals surface area contributed by atoms with Crippen LogP contribution in [0.25, 0.3) is 10.9 Å². The lowest BCUT2D eigenvalue weighted by atomic mass is 10.0. The highest BCUT2D eigenvalue weighted by Gasteiger charge is 2.39. The van der Waals surface area contributed by atoms with Crippen LogP contribution in [0.2, 0.25) is 0 Å². The van der Waals surface area contributed by atoms with Crippen molar-refractivity contribution in [2.45, 2.75) is 19.3 Å². The zero-order chi connectivity index (χ0) is 31.5. The van der Waals surface area contributed by atoms with Crippen molar-refractivity contribution in [3.05, 3.63) is 84.3 Å². The van der Waals surface area contributed by atoms with Crippen molar-refractivity contribution >= 4 is 41.3 Å². The van der Waals surface area contributed by atoms with Crippen molar-refractivity contribution in [2.75, 3.05) is 38.2 Å². The number of benzene rings is 3. The average Bonchev–Trinajstić information content (AvgIpc) is 3.57. The molecule has 0 bridgehead atoms. The third-order valence-corrected chi connectivity index (χ3v) is 8.93. The van der Waals surface area contributed by atoms with Crippen LogP contribution in [-0.2, 0) is 11.2 Å². The number of nitrogens with one attached hydrogen (secondary N) is 1. The van der Waals surface area contributed by atoms with Gasteiger partial charge in [0.2, 0.25) is 5.91 Å². The molecule has 45 heavy (non-hydrogen) atoms. The molecule has 2 heterocycles. The van der Waals surface area contributed by atoms with Gasteiger partial charge < -0.3 is 19.1 Å². The summed E-state index contributed by atoms with van der Waals surface area (Å²) in [7, 11) is 3.77. The van der Waals surface area contributed by atoms with Crippen molar-refractivity contribution in [2.24, 2.45) is 17.8 Å². The Morgan fingerprint density at radius 3 is 2.47 bits per heavy atom. The lowest BCUT2D eigenvalue weighted by Crippen LogP contribution is -2.39. The normalized spacial score (nSPS) is 19.2. The van der Waals surface area contributed by atoms with Gasteiger partial charge in [0.1, 0.15) is 5.75 Å². The molecule has 1 saturated carbocycles. The van der Waals surface area contributed by atoms with E-state index in [9.17, 15) is 9.59 Å². The minimum atomic E-state index is -0.805. The van der Waals surface area contributed by atoms with Crippen LogP contribution in [0.5, 0.6) is 23.0 Å². The number of fused-ring (bicyclic) bond motifs is 2. The second kappa shape index (κ2) is 13.3. The number of hydrogen-bond acceptors (Lipinski definition) is 8. The average molecular weight is 631 g/mol. The van der Waals surface area contributed by atoms with Crippen LogP contribution >= 0.6 is 12.8 Å². The number of carbonyl (C=O) groups is 2. The molecule has 1 aliphatic carbocycles. The molecule has 11 heteroatoms. The van der Waals surface area contributed by atoms with Gasteiger partial charge >= 0.3 is 6.03 Å². The summed E-state index contributed by atoms with van der Waals surface area (Å²) in [5.74, 6) is 2.23. The largest absolute Gasteiger partial charge is 0.493 e. The van der Waals surface area contributed by atoms with E-state index in [1.807, 2.05) is 12.1 Å². The van der Waals surface area contributed by atoms with E-state index in [1.54, 1.807) is 49.7 Å². The number of urea groups is 1. The van der Waals surface area contributed by atoms with E-state index in [0.717, 1.165) is 40.9 Å². The van der Waals surface area contributed by atoms with E-state index < -0.39 is 17.8 Å². The first-order valence-electron chi connectivity index (χ1n) is 14.9. The molecule has 1 aliphatic heterocycles. The number of ether oxygens (including phenoxy) is 3. The zero-order valence-corrected chi connectivity index (χ0v) is 26.0. The number of amides is 3. The number of likely N-dealkylation sites (tertiary alicyclic amines) is 1. The molecule has 2 fully saturated rings. The molecule has 1 N–H and O–H groups in total. The molecule has 3 amide bonds. The minimum absolute atomic E-state index is 0.0208. The van der Waals surface area contributed by atoms with Crippen molar-refractivity contribution in [3.63, 3.8) is 0 Å². The molecule has 4 aromatic rings. The van der Waals surface area contributed by atoms with E-state index in [-0.39, 0.29) is 17.9 Å². The van der Waals surface area contributed by atoms with Gasteiger partial charge in [0.05, 0.1) is 31.3 Å². The first-order chi connectivity index (χ1) is 21.8. The molecule has 1 saturated heterocycles. The van der Waals surface area contributed by atoms with Crippen LogP contribution in [0.15, 0.2) is 72.9 Å². The van der Waals surface area contributed by atoms with E-state index in [1.165, 1.54) is 25.0 Å². The number of thiol groups is 1. The predicted octanol–water partition coefficient (Wildman–Crippen LogP) is 6.27. The van der Waals surface area contributed by atoms with Crippen LogP contribution in [-0.4, -0.2) is 55.7 Å². The van der Waals surface area contributed by atoms with Gasteiger partial charge in [0, 0.05) is 36.8 Å². The van der Waals surface area contributed by atoms with Gasteiger partial charge in [-0.15, -0.1) is 0 Å². The predicted molar refractivity (Wildman–Crippen MR) is 173 cm³/mol. The fraction of sp³-hybridized carbons (Fsp3) is 0.324. The molecule has 1 aromatic heterocycles. The standard InChI is InChI=1S/C34H35FN4O5S/c1-38-18-23-12-22(13-24(23)19-38)20-43-32-17-28-26(16-31(32)42-2)29(10-11-36-28)44-30-9-8-25(15-27(30)35)39(45)34(41)37-33(40)14-21-6-4-3-5-7-21/h3-11,15-17,22-24,45H,12-14,18-20H2,1-2H3,(H,37,40,41). The quantitative estimate of drug-likeness (QED) is 0.211. The maximum absolute atomic E-state index is 15.2. The highest BCUT2D eigenvalue weighted by Crippen LogP contribution is 2.42. The Labute approximate surface area is 266 Å². The Bertz CT molecular complexity index is 1690. The number of halogens is 1. The first-order valence-corrected chi connectivity index (χ1v) is 15.3. The van der Waals surface area contributed by atoms with Crippen molar-refractivity contribution < 1.29 is 28.2 Å². The Morgan fingerprint density at radius 2 is 1.76 bits per heavy atom. The zero-order valence-electron chi connectivity index (χ0n) is 25.1. The number of rotatable bonds is 9. The molecular formula is C34H35FN4O5S. The summed E-state index contributed by atoms with van der Waals surface area (Å²) < 4.78 is 34.0. The Kier molecular flexibility index (Phi) is 9.09. The molecule has 2 atom stereocenters. The maximum atomic E-state index is 15.2. The van der Waals surface area contributed by atoms with Crippen LogP contribution in [0.1, 0.15) is 18.4 Å². The number of nitrogens with zero attached hydrogens (tertiary/aromatic N) is 3. The topological polar surface area (TPSA) is 93.2 Å². The van der Waals surface area contributed by atoms with Crippen LogP contribution in [0.4, 0.5) is 14.9 Å². The third kappa shape index (κ3) is 6.99. The Morgan fingerprint density at radius 1 is 1.00 bits per heavy atom. The molecule has 3 aromatic carbocycles. The lowest BCUT2D eigenvalue weighted by Gasteiger charge is -2.18. The van der Waals surface area contributed by atoms with Gasteiger partial charge in [-0.3, -0.25) is 15.1 Å². The number of hydrogen-bond donors (Lipinski definition) is 2. The van der Waals surface area contributed by atoms with Gasteiger partial charge in [-0.2, -0.15) is 0 Å². The van der Waals surface area contributed by atoms with Gasteiger partial charge in [-0.1, -0.05) is 43.1 Å². The molecule has 2 aliphatic rings. The number of pyridine rings is 1. The smallest absolute Gasteiger partial charge is 0.338 e. The summed E-state index contributed by atoms with van der Waals surface area (Å²) >= 11 is 4.17. The number of aromatic nitrogens is 1. The molecule has 0 spiro atoms. The molecular weight excluding hydrogens is 595 g/mol. The van der Waals surface area contributed by atoms with Crippen LogP contribution in [0, 0.1) is 23.6 Å². The summed E-state index contributed by atoms with van der Waals surface area (Å²) in [5.41, 5.74) is 1.49. The fourth-order valence-corrected chi connectivity index (χ4v) is 6.61. The molecule has 0 radical (unpaired) electrons. The minimum Gasteiger partial charge on any atom is -0.493 e. The third-order valence-electron chi connectivity index (χ3n) is 8.52. The Balaban J connectivity index is 1.12. The molecule has 2 unspecified atom stereocenters. The van der Waals surface area contributed by atoms with Crippen molar-refractivity contribution in [1.82, 2.24) is 15.2 Å². The number of anilines is 1. The van der Waals surface area contributed by atoms with Gasteiger partial charge in [-0.05, 0) is 67.5 Å². The van der Waals surface area contributed by atoms with Gasteiger partial charge in [0.25, 0.3) is 0 Å². The summed E-state index contributed by atoms with van der Waals surface area (Å²) in [4.78, 5) is 31.8. The molecule has 234 valence electrons. The second-order valence-electron chi connectivity index (χ2n) is 11.8. The first kappa shape index (κ1) is 30.7. The summed E-state index contributed by atoms with van der Waals surface area (Å²) in [5, 5.41) is 2.88. The Hall–Kier alpha value is -4.35. The van der Waals surface area contributed by atoms with Crippen molar-refractivity contribution in [3.8, 4) is 23.0 Å². The van der Waals surface area contributed by atoms with E-state index in [2.05, 4.69) is 35.1 Å². The summed E-state index contributed by atoms with van der Waals surface area (Å²) in [6.07, 6.45) is 3.95. The van der Waals surface area contributed by atoms with E-state index >= 15 is 4.39 Å². The summed E-state index contributed by atoms with van der Waals surface area (Å²) in [6, 6.07) is 17.4. The number of imide groups is 1. The van der Waals surface area contributed by atoms with Crippen LogP contribution < -0.4 is 23.8 Å². The van der Waals surface area contributed by atoms with Crippen LogP contribution in [0.3, 0.4) is 0 Å². The summed E-state index contributed by atoms with van der Waals surface area (Å²) in [6.45, 7) is 2.94. The van der Waals surface area contributed by atoms with E-state index in [4.69, 9.17) is 14.2 Å². The highest BCUT2D eigenvalue weighted by atomic mass is 32.1. The van der Waals surface area contributed by atoms with Gasteiger partial charge in [-0.25, -0.2) is 13.5 Å². The maximum Gasteiger partial charge on any atom is 0.338 e. The van der Waals surface area contributed by atoms with Gasteiger partial charge in [0.15, 0.2) is 23.1 Å². The molecule has 6 rings (SSSR count). The lowest BCUT2D eigenvalue weighted by molar-refractivity contribution is -0.119. The highest BCUT2D eigenvalue weighted by molar-refractivity contribution is 7.82. The number of methoxy groups -OCH3 is 1. The second-order valence-corrected chi connectivity index (χ2v) is 12.2. The number of carbonyl (C=O) groups excluding carboxylic acids is 2. The van der Waals surface area contributed by atoms with Crippen molar-refractivity contribution in [1.29, 1.82) is 0 Å². The SMILES string of the molecule is COc1cc2c(Oc3ccc(N(S)C(=O)NC(=O)Cc4ccccc4)cc3F)ccnc2cc1OCC1CC2CN(C)CC2C1. The van der Waals surface area contributed by atoms with E-state index in [0.29, 0.717) is 40.7 Å². The molecule has 9 nitrogen and oxygen atoms in total.